The topological polar surface area (TPSA) is 49.7 Å². The molecular weight excluding hydrogens is 544 g/mol. The first-order valence-corrected chi connectivity index (χ1v) is 17.2. The highest BCUT2D eigenvalue weighted by Gasteiger charge is 2.22. The van der Waals surface area contributed by atoms with Gasteiger partial charge in [0, 0.05) is 68.9 Å². The highest BCUT2D eigenvalue weighted by atomic mass is 16.5. The molecule has 0 amide bonds. The van der Waals surface area contributed by atoms with Crippen molar-refractivity contribution in [3.63, 3.8) is 0 Å². The van der Waals surface area contributed by atoms with Gasteiger partial charge in [-0.2, -0.15) is 0 Å². The van der Waals surface area contributed by atoms with Crippen molar-refractivity contribution >= 4 is 27.6 Å². The Labute approximate surface area is 264 Å². The Morgan fingerprint density at radius 1 is 0.795 bits per heavy atom. The van der Waals surface area contributed by atoms with Crippen molar-refractivity contribution in [1.82, 2.24) is 24.3 Å². The Hall–Kier alpha value is -3.00. The number of anilines is 1. The van der Waals surface area contributed by atoms with Crippen LogP contribution in [0.25, 0.3) is 33.2 Å². The lowest BCUT2D eigenvalue weighted by molar-refractivity contribution is 0.0371. The van der Waals surface area contributed by atoms with Crippen LogP contribution in [-0.2, 0) is 24.1 Å². The van der Waals surface area contributed by atoms with E-state index >= 15 is 0 Å². The number of hydrogen-bond acceptors (Lipinski definition) is 6. The summed E-state index contributed by atoms with van der Waals surface area (Å²) in [7, 11) is 2.21. The molecule has 7 heteroatoms. The van der Waals surface area contributed by atoms with Crippen LogP contribution in [0, 0.1) is 6.92 Å². The summed E-state index contributed by atoms with van der Waals surface area (Å²) in [6.45, 7) is 17.2. The lowest BCUT2D eigenvalue weighted by Gasteiger charge is -2.34. The molecule has 7 nitrogen and oxygen atoms in total. The quantitative estimate of drug-likeness (QED) is 0.169. The zero-order valence-corrected chi connectivity index (χ0v) is 27.6. The molecule has 0 aliphatic carbocycles. The summed E-state index contributed by atoms with van der Waals surface area (Å²) in [6.07, 6.45) is 7.90. The molecule has 4 aromatic rings. The van der Waals surface area contributed by atoms with Gasteiger partial charge in [-0.1, -0.05) is 38.5 Å². The van der Waals surface area contributed by atoms with E-state index in [0.29, 0.717) is 0 Å². The van der Waals surface area contributed by atoms with E-state index in [1.165, 1.54) is 52.8 Å². The summed E-state index contributed by atoms with van der Waals surface area (Å²) in [5.41, 5.74) is 9.65. The molecule has 4 heterocycles. The first-order chi connectivity index (χ1) is 21.6. The Bertz CT molecular complexity index is 1530. The molecule has 0 unspecified atom stereocenters. The van der Waals surface area contributed by atoms with E-state index in [2.05, 4.69) is 83.5 Å². The molecule has 2 saturated heterocycles. The highest BCUT2D eigenvalue weighted by molar-refractivity contribution is 6.09. The maximum atomic E-state index is 5.56. The van der Waals surface area contributed by atoms with Crippen molar-refractivity contribution < 1.29 is 4.74 Å². The number of pyridine rings is 1. The smallest absolute Gasteiger partial charge is 0.116 e. The molecule has 236 valence electrons. The van der Waals surface area contributed by atoms with Crippen LogP contribution in [0.2, 0.25) is 0 Å². The average Bonchev–Trinajstić information content (AvgIpc) is 3.40. The van der Waals surface area contributed by atoms with Gasteiger partial charge in [-0.3, -0.25) is 4.90 Å². The van der Waals surface area contributed by atoms with Crippen molar-refractivity contribution in [2.45, 2.75) is 72.3 Å². The molecule has 6 rings (SSSR count). The van der Waals surface area contributed by atoms with Gasteiger partial charge >= 0.3 is 0 Å². The van der Waals surface area contributed by atoms with E-state index in [9.17, 15) is 0 Å². The molecule has 2 aliphatic heterocycles. The molecule has 0 radical (unpaired) electrons. The Morgan fingerprint density at radius 3 is 2.27 bits per heavy atom. The molecule has 0 N–H and O–H groups in total. The predicted octanol–water partition coefficient (Wildman–Crippen LogP) is 6.72. The summed E-state index contributed by atoms with van der Waals surface area (Å²) in [5, 5.41) is 1.28. The zero-order valence-electron chi connectivity index (χ0n) is 27.6. The van der Waals surface area contributed by atoms with E-state index in [1.807, 2.05) is 0 Å². The third-order valence-corrected chi connectivity index (χ3v) is 9.63. The van der Waals surface area contributed by atoms with Crippen molar-refractivity contribution in [3.05, 3.63) is 53.3 Å². The molecule has 2 aromatic heterocycles. The number of morpholine rings is 1. The van der Waals surface area contributed by atoms with Crippen LogP contribution in [-0.4, -0.2) is 90.4 Å². The van der Waals surface area contributed by atoms with Crippen LogP contribution < -0.4 is 4.90 Å². The monoisotopic (exact) mass is 596 g/mol. The molecule has 0 atom stereocenters. The largest absolute Gasteiger partial charge is 0.379 e. The lowest BCUT2D eigenvalue weighted by atomic mass is 9.99. The number of nitrogens with zero attached hydrogens (tertiary/aromatic N) is 6. The number of rotatable bonds is 12. The molecule has 2 aliphatic rings. The minimum atomic E-state index is 0.866. The van der Waals surface area contributed by atoms with E-state index in [4.69, 9.17) is 14.7 Å². The minimum absolute atomic E-state index is 0.866. The average molecular weight is 597 g/mol. The van der Waals surface area contributed by atoms with E-state index < -0.39 is 0 Å². The van der Waals surface area contributed by atoms with Crippen LogP contribution in [0.15, 0.2) is 36.4 Å². The maximum absolute atomic E-state index is 5.56. The van der Waals surface area contributed by atoms with Gasteiger partial charge in [0.1, 0.15) is 11.3 Å². The molecule has 0 saturated carbocycles. The fraction of sp³-hybridized carbons (Fsp3) is 0.568. The van der Waals surface area contributed by atoms with Crippen molar-refractivity contribution in [3.8, 4) is 11.3 Å². The summed E-state index contributed by atoms with van der Waals surface area (Å²) < 4.78 is 8.12. The van der Waals surface area contributed by atoms with E-state index in [1.54, 1.807) is 0 Å². The Balaban J connectivity index is 1.40. The van der Waals surface area contributed by atoms with E-state index in [-0.39, 0.29) is 0 Å². The van der Waals surface area contributed by atoms with Crippen molar-refractivity contribution in [1.29, 1.82) is 0 Å². The third kappa shape index (κ3) is 6.80. The second-order valence-electron chi connectivity index (χ2n) is 13.0. The second kappa shape index (κ2) is 14.4. The molecule has 0 spiro atoms. The van der Waals surface area contributed by atoms with Crippen LogP contribution in [0.5, 0.6) is 0 Å². The molecular formula is C37H52N6O. The number of ether oxygens (including phenoxy) is 1. The first-order valence-electron chi connectivity index (χ1n) is 17.2. The zero-order chi connectivity index (χ0) is 30.5. The van der Waals surface area contributed by atoms with Gasteiger partial charge in [0.15, 0.2) is 0 Å². The number of piperazine rings is 1. The standard InChI is InChI=1S/C37H52N6O/c1-5-7-11-29-26-28(3)34-32(27-29)38-35(30-12-14-31(15-13-30)42-20-18-40(4)19-21-42)36-37(34)43(33(39-36)10-6-2)17-9-8-16-41-22-24-44-25-23-41/h12-15,26-27H,5-11,16-25H2,1-4H3. The molecule has 0 bridgehead atoms. The number of hydrogen-bond donors (Lipinski definition) is 0. The second-order valence-corrected chi connectivity index (χ2v) is 13.0. The number of unbranched alkanes of at least 4 members (excludes halogenated alkanes) is 2. The van der Waals surface area contributed by atoms with Gasteiger partial charge in [-0.05, 0) is 81.9 Å². The number of imidazole rings is 1. The number of benzene rings is 2. The number of likely N-dealkylation sites (N-methyl/N-ethyl adjacent to an activating group) is 1. The van der Waals surface area contributed by atoms with Gasteiger partial charge in [-0.25, -0.2) is 9.97 Å². The fourth-order valence-electron chi connectivity index (χ4n) is 7.04. The highest BCUT2D eigenvalue weighted by Crippen LogP contribution is 2.36. The SMILES string of the molecule is CCCCc1cc(C)c2c(c1)nc(-c1ccc(N3CCN(C)CC3)cc1)c1nc(CCC)n(CCCCN3CCOCC3)c12. The van der Waals surface area contributed by atoms with Crippen molar-refractivity contribution in [2.75, 3.05) is 71.0 Å². The number of aromatic nitrogens is 3. The third-order valence-electron chi connectivity index (χ3n) is 9.63. The first kappa shape index (κ1) is 31.0. The van der Waals surface area contributed by atoms with Gasteiger partial charge in [0.05, 0.1) is 29.9 Å². The predicted molar refractivity (Wildman–Crippen MR) is 184 cm³/mol. The van der Waals surface area contributed by atoms with Crippen LogP contribution in [0.1, 0.15) is 62.9 Å². The Kier molecular flexibility index (Phi) is 10.1. The van der Waals surface area contributed by atoms with Gasteiger partial charge in [-0.15, -0.1) is 0 Å². The summed E-state index contributed by atoms with van der Waals surface area (Å²) in [5.74, 6) is 1.20. The normalized spacial score (nSPS) is 16.9. The van der Waals surface area contributed by atoms with Gasteiger partial charge in [0.25, 0.3) is 0 Å². The molecule has 44 heavy (non-hydrogen) atoms. The van der Waals surface area contributed by atoms with Crippen LogP contribution in [0.4, 0.5) is 5.69 Å². The summed E-state index contributed by atoms with van der Waals surface area (Å²) in [6, 6.07) is 13.9. The van der Waals surface area contributed by atoms with E-state index in [0.717, 1.165) is 114 Å². The van der Waals surface area contributed by atoms with Crippen LogP contribution >= 0.6 is 0 Å². The summed E-state index contributed by atoms with van der Waals surface area (Å²) in [4.78, 5) is 18.3. The van der Waals surface area contributed by atoms with Crippen molar-refractivity contribution in [2.24, 2.45) is 0 Å². The Morgan fingerprint density at radius 2 is 1.55 bits per heavy atom. The molecule has 2 aromatic carbocycles. The van der Waals surface area contributed by atoms with Gasteiger partial charge in [0.2, 0.25) is 0 Å². The fourth-order valence-corrected chi connectivity index (χ4v) is 7.04. The summed E-state index contributed by atoms with van der Waals surface area (Å²) >= 11 is 0. The lowest BCUT2D eigenvalue weighted by Crippen LogP contribution is -2.44. The van der Waals surface area contributed by atoms with Crippen LogP contribution in [0.3, 0.4) is 0 Å². The number of fused-ring (bicyclic) bond motifs is 3. The maximum Gasteiger partial charge on any atom is 0.116 e. The van der Waals surface area contributed by atoms with Gasteiger partial charge < -0.3 is 19.1 Å². The molecule has 2 fully saturated rings. The minimum Gasteiger partial charge on any atom is -0.379 e. The number of aryl methyl sites for hydroxylation is 4.